The summed E-state index contributed by atoms with van der Waals surface area (Å²) in [6.07, 6.45) is 1.49. The number of aliphatic imine (C=N–C) groups is 2. The van der Waals surface area contributed by atoms with Crippen molar-refractivity contribution >= 4 is 115 Å². The van der Waals surface area contributed by atoms with Crippen LogP contribution < -0.4 is 10.6 Å². The number of nitrogens with zero attached hydrogens (tertiary/aromatic N) is 3. The Balaban J connectivity index is 0.000000218. The van der Waals surface area contributed by atoms with E-state index >= 15 is 0 Å². The second-order valence-electron chi connectivity index (χ2n) is 7.88. The van der Waals surface area contributed by atoms with Gasteiger partial charge in [-0.2, -0.15) is 0 Å². The van der Waals surface area contributed by atoms with Crippen LogP contribution in [0.25, 0.3) is 6.08 Å². The highest BCUT2D eigenvalue weighted by atomic mass is 35.5. The molecule has 0 saturated carbocycles. The molecule has 2 amide bonds. The van der Waals surface area contributed by atoms with Crippen molar-refractivity contribution in [1.29, 1.82) is 0 Å². The number of hydrogen-bond donors (Lipinski definition) is 3. The number of halogens is 4. The third kappa shape index (κ3) is 7.94. The maximum absolute atomic E-state index is 12.1. The van der Waals surface area contributed by atoms with E-state index in [1.165, 1.54) is 30.0 Å². The first-order chi connectivity index (χ1) is 19.5. The molecule has 3 N–H and O–H groups in total. The molecule has 10 nitrogen and oxygen atoms in total. The van der Waals surface area contributed by atoms with E-state index in [1.54, 1.807) is 36.4 Å². The zero-order valence-electron chi connectivity index (χ0n) is 20.2. The summed E-state index contributed by atoms with van der Waals surface area (Å²) in [5.74, 6) is -0.540. The van der Waals surface area contributed by atoms with Gasteiger partial charge >= 0.3 is 5.69 Å². The first kappa shape index (κ1) is 30.7. The average molecular weight is 671 g/mol. The lowest BCUT2D eigenvalue weighted by atomic mass is 10.1. The number of phenolic OH excluding ortho intramolecular Hbond substituents is 1. The highest BCUT2D eigenvalue weighted by Crippen LogP contribution is 2.36. The van der Waals surface area contributed by atoms with E-state index in [0.29, 0.717) is 58.0 Å². The van der Waals surface area contributed by atoms with Crippen molar-refractivity contribution in [3.8, 4) is 5.75 Å². The minimum atomic E-state index is -0.693. The molecule has 41 heavy (non-hydrogen) atoms. The summed E-state index contributed by atoms with van der Waals surface area (Å²) in [7, 11) is 0. The summed E-state index contributed by atoms with van der Waals surface area (Å²) in [6.45, 7) is 0. The predicted octanol–water partition coefficient (Wildman–Crippen LogP) is 7.34. The van der Waals surface area contributed by atoms with Gasteiger partial charge in [0.05, 0.1) is 35.7 Å². The molecule has 2 heterocycles. The fourth-order valence-corrected chi connectivity index (χ4v) is 5.67. The van der Waals surface area contributed by atoms with Crippen molar-refractivity contribution in [1.82, 2.24) is 10.6 Å². The Kier molecular flexibility index (Phi) is 10.2. The highest BCUT2D eigenvalue weighted by molar-refractivity contribution is 8.18. The summed E-state index contributed by atoms with van der Waals surface area (Å²) < 4.78 is 0. The normalized spacial score (nSPS) is 17.4. The number of nitro benzene ring substituents is 1. The zero-order valence-corrected chi connectivity index (χ0v) is 24.9. The maximum atomic E-state index is 12.1. The molecule has 0 bridgehead atoms. The Morgan fingerprint density at radius 1 is 0.878 bits per heavy atom. The van der Waals surface area contributed by atoms with Crippen LogP contribution in [0.1, 0.15) is 5.56 Å². The van der Waals surface area contributed by atoms with E-state index in [0.717, 1.165) is 17.8 Å². The molecular formula is C25H15Cl4N5O5S2. The van der Waals surface area contributed by atoms with E-state index in [4.69, 9.17) is 46.4 Å². The van der Waals surface area contributed by atoms with E-state index in [-0.39, 0.29) is 5.91 Å². The quantitative estimate of drug-likeness (QED) is 0.149. The van der Waals surface area contributed by atoms with Crippen LogP contribution in [0, 0.1) is 10.1 Å². The summed E-state index contributed by atoms with van der Waals surface area (Å²) in [6, 6.07) is 13.9. The molecule has 2 aliphatic heterocycles. The van der Waals surface area contributed by atoms with Gasteiger partial charge in [-0.15, -0.1) is 0 Å². The smallest absolute Gasteiger partial charge is 0.310 e. The van der Waals surface area contributed by atoms with Crippen LogP contribution in [0.5, 0.6) is 5.75 Å². The topological polar surface area (TPSA) is 146 Å². The van der Waals surface area contributed by atoms with Crippen molar-refractivity contribution in [3.05, 3.63) is 95.3 Å². The lowest BCUT2D eigenvalue weighted by molar-refractivity contribution is -0.385. The molecule has 2 fully saturated rings. The number of amidine groups is 2. The van der Waals surface area contributed by atoms with E-state index in [1.807, 2.05) is 0 Å². The predicted molar refractivity (Wildman–Crippen MR) is 166 cm³/mol. The minimum Gasteiger partial charge on any atom is -0.502 e. The number of nitrogens with one attached hydrogen (secondary N) is 2. The van der Waals surface area contributed by atoms with E-state index < -0.39 is 22.3 Å². The third-order valence-corrected chi connectivity index (χ3v) is 8.04. The van der Waals surface area contributed by atoms with Crippen molar-refractivity contribution in [2.45, 2.75) is 0 Å². The average Bonchev–Trinajstić information content (AvgIpc) is 3.48. The summed E-state index contributed by atoms with van der Waals surface area (Å²) in [4.78, 5) is 41.8. The maximum Gasteiger partial charge on any atom is 0.310 e. The molecular weight excluding hydrogens is 656 g/mol. The van der Waals surface area contributed by atoms with Gasteiger partial charge in [0.2, 0.25) is 5.91 Å². The van der Waals surface area contributed by atoms with Crippen molar-refractivity contribution in [2.75, 3.05) is 5.75 Å². The van der Waals surface area contributed by atoms with E-state index in [9.17, 15) is 24.8 Å². The van der Waals surface area contributed by atoms with Crippen LogP contribution >= 0.6 is 69.9 Å². The molecule has 5 rings (SSSR count). The number of rotatable bonds is 4. The highest BCUT2D eigenvalue weighted by Gasteiger charge is 2.25. The number of benzene rings is 3. The number of hydrogen-bond acceptors (Lipinski definition) is 9. The Morgan fingerprint density at radius 2 is 1.44 bits per heavy atom. The monoisotopic (exact) mass is 669 g/mol. The number of carbonyl (C=O) groups excluding carboxylic acids is 2. The second-order valence-corrected chi connectivity index (χ2v) is 11.5. The summed E-state index contributed by atoms with van der Waals surface area (Å²) in [5, 5.41) is 28.1. The van der Waals surface area contributed by atoms with Crippen LogP contribution in [0.4, 0.5) is 17.1 Å². The van der Waals surface area contributed by atoms with Crippen LogP contribution in [-0.4, -0.2) is 37.9 Å². The van der Waals surface area contributed by atoms with Gasteiger partial charge in [0.15, 0.2) is 16.1 Å². The summed E-state index contributed by atoms with van der Waals surface area (Å²) >= 11 is 26.4. The van der Waals surface area contributed by atoms with Crippen molar-refractivity contribution in [3.63, 3.8) is 0 Å². The molecule has 0 atom stereocenters. The fourth-order valence-electron chi connectivity index (χ4n) is 3.20. The molecule has 0 aromatic heterocycles. The van der Waals surface area contributed by atoms with Crippen LogP contribution in [-0.2, 0) is 9.59 Å². The fraction of sp³-hybridized carbons (Fsp3) is 0.0400. The molecule has 0 spiro atoms. The minimum absolute atomic E-state index is 0.0538. The molecule has 3 aromatic carbocycles. The van der Waals surface area contributed by atoms with Crippen LogP contribution in [0.3, 0.4) is 0 Å². The van der Waals surface area contributed by atoms with Gasteiger partial charge in [-0.05, 0) is 59.8 Å². The van der Waals surface area contributed by atoms with Crippen LogP contribution in [0.2, 0.25) is 20.1 Å². The van der Waals surface area contributed by atoms with E-state index in [2.05, 4.69) is 20.6 Å². The van der Waals surface area contributed by atoms with Gasteiger partial charge in [-0.1, -0.05) is 70.3 Å². The van der Waals surface area contributed by atoms with Gasteiger partial charge in [-0.25, -0.2) is 9.98 Å². The molecule has 16 heteroatoms. The lowest BCUT2D eigenvalue weighted by Crippen LogP contribution is -2.19. The van der Waals surface area contributed by atoms with Gasteiger partial charge in [0.25, 0.3) is 5.91 Å². The molecule has 0 unspecified atom stereocenters. The number of thioether (sulfide) groups is 2. The Morgan fingerprint density at radius 3 is 1.93 bits per heavy atom. The lowest BCUT2D eigenvalue weighted by Gasteiger charge is -2.01. The van der Waals surface area contributed by atoms with Gasteiger partial charge in [0.1, 0.15) is 11.4 Å². The standard InChI is InChI=1S/C16H9Cl2N3O4S.C9H6Cl2N2OS/c17-9-2-1-3-10(18)14(9)19-16-20-15(23)13(26-16)7-8-4-5-11(21(24)25)12(22)6-8;10-5-2-1-3-6(11)8(5)13-9-12-7(14)4-15-9/h1-7,22H,(H,19,20,23);1-3H,4H2,(H,12,13,14)/b13-7-;. The first-order valence-electron chi connectivity index (χ1n) is 11.2. The largest absolute Gasteiger partial charge is 0.502 e. The van der Waals surface area contributed by atoms with Crippen molar-refractivity contribution < 1.29 is 19.6 Å². The van der Waals surface area contributed by atoms with Crippen LogP contribution in [0.15, 0.2) is 69.5 Å². The van der Waals surface area contributed by atoms with Gasteiger partial charge < -0.3 is 15.7 Å². The molecule has 0 radical (unpaired) electrons. The SMILES string of the molecule is O=C1CSC(=Nc2c(Cl)cccc2Cl)N1.O=C1NC(=Nc2c(Cl)cccc2Cl)S/C1=C\c1ccc([N+](=O)[O-])c(O)c1. The Hall–Kier alpha value is -3.26. The third-order valence-electron chi connectivity index (χ3n) is 5.03. The molecule has 210 valence electrons. The molecule has 2 saturated heterocycles. The molecule has 3 aromatic rings. The number of carbonyl (C=O) groups is 2. The first-order valence-corrected chi connectivity index (χ1v) is 14.5. The molecule has 2 aliphatic rings. The molecule has 0 aliphatic carbocycles. The summed E-state index contributed by atoms with van der Waals surface area (Å²) in [5.41, 5.74) is 0.854. The number of aromatic hydroxyl groups is 1. The van der Waals surface area contributed by atoms with Gasteiger partial charge in [-0.3, -0.25) is 19.7 Å². The Bertz CT molecular complexity index is 1620. The number of amides is 2. The van der Waals surface area contributed by atoms with Crippen molar-refractivity contribution in [2.24, 2.45) is 9.98 Å². The Labute approximate surface area is 261 Å². The number of para-hydroxylation sites is 2. The number of nitro groups is 1. The zero-order chi connectivity index (χ0) is 29.7. The van der Waals surface area contributed by atoms with Gasteiger partial charge in [0, 0.05) is 6.07 Å². The number of phenols is 1. The second kappa shape index (κ2) is 13.6.